The Morgan fingerprint density at radius 3 is 2.59 bits per heavy atom. The highest BCUT2D eigenvalue weighted by Gasteiger charge is 2.23. The summed E-state index contributed by atoms with van der Waals surface area (Å²) >= 11 is 0. The van der Waals surface area contributed by atoms with Gasteiger partial charge in [-0.15, -0.1) is 0 Å². The van der Waals surface area contributed by atoms with Crippen molar-refractivity contribution in [1.29, 1.82) is 0 Å². The lowest BCUT2D eigenvalue weighted by molar-refractivity contribution is -0.116. The fourth-order valence-corrected chi connectivity index (χ4v) is 3.95. The summed E-state index contributed by atoms with van der Waals surface area (Å²) in [6.45, 7) is 2.63. The van der Waals surface area contributed by atoms with E-state index in [9.17, 15) is 19.2 Å². The van der Waals surface area contributed by atoms with Crippen LogP contribution in [-0.4, -0.2) is 44.6 Å². The molecule has 1 aliphatic heterocycles. The van der Waals surface area contributed by atoms with Crippen molar-refractivity contribution >= 4 is 28.5 Å². The van der Waals surface area contributed by atoms with E-state index in [4.69, 9.17) is 18.7 Å². The van der Waals surface area contributed by atoms with E-state index >= 15 is 0 Å². The zero-order valence-electron chi connectivity index (χ0n) is 19.8. The first kappa shape index (κ1) is 23.8. The molecule has 0 saturated heterocycles. The summed E-state index contributed by atoms with van der Waals surface area (Å²) in [4.78, 5) is 56.2. The predicted octanol–water partition coefficient (Wildman–Crippen LogP) is 1.45. The molecule has 13 nitrogen and oxygen atoms in total. The molecule has 0 saturated carbocycles. The van der Waals surface area contributed by atoms with Gasteiger partial charge in [-0.2, -0.15) is 4.98 Å². The quantitative estimate of drug-likeness (QED) is 0.363. The van der Waals surface area contributed by atoms with Crippen molar-refractivity contribution in [1.82, 2.24) is 19.3 Å². The number of aryl methyl sites for hydroxylation is 1. The van der Waals surface area contributed by atoms with Crippen LogP contribution in [0.4, 0.5) is 5.69 Å². The molecule has 1 amide bonds. The Bertz CT molecular complexity index is 1650. The molecule has 0 fully saturated rings. The number of nitrogens with zero attached hydrogens (tertiary/aromatic N) is 4. The van der Waals surface area contributed by atoms with Gasteiger partial charge in [-0.3, -0.25) is 18.7 Å². The van der Waals surface area contributed by atoms with Gasteiger partial charge in [0.25, 0.3) is 5.56 Å². The molecule has 4 aromatic rings. The third-order valence-electron chi connectivity index (χ3n) is 5.58. The van der Waals surface area contributed by atoms with Crippen LogP contribution in [0, 0.1) is 6.92 Å². The average molecular weight is 507 g/mol. The second-order valence-electron chi connectivity index (χ2n) is 8.03. The van der Waals surface area contributed by atoms with Crippen LogP contribution in [0.15, 0.2) is 50.5 Å². The van der Waals surface area contributed by atoms with Crippen LogP contribution >= 0.6 is 0 Å². The summed E-state index contributed by atoms with van der Waals surface area (Å²) in [6, 6.07) is 9.27. The van der Waals surface area contributed by atoms with Crippen LogP contribution in [0.2, 0.25) is 0 Å². The number of carbonyl (C=O) groups is 2. The third-order valence-corrected chi connectivity index (χ3v) is 5.58. The Labute approximate surface area is 208 Å². The normalized spacial score (nSPS) is 12.1. The summed E-state index contributed by atoms with van der Waals surface area (Å²) in [5.41, 5.74) is -0.851. The van der Waals surface area contributed by atoms with Crippen molar-refractivity contribution in [3.05, 3.63) is 74.5 Å². The molecule has 0 bridgehead atoms. The minimum absolute atomic E-state index is 0.0452. The first-order valence-electron chi connectivity index (χ1n) is 11.3. The molecular weight excluding hydrogens is 486 g/mol. The Kier molecular flexibility index (Phi) is 6.17. The summed E-state index contributed by atoms with van der Waals surface area (Å²) in [5.74, 6) is -0.154. The van der Waals surface area contributed by atoms with E-state index < -0.39 is 29.7 Å². The second kappa shape index (κ2) is 9.60. The Hall–Kier alpha value is -4.94. The maximum absolute atomic E-state index is 13.5. The lowest BCUT2D eigenvalue weighted by Crippen LogP contribution is -2.42. The summed E-state index contributed by atoms with van der Waals surface area (Å²) in [5, 5.41) is 6.46. The lowest BCUT2D eigenvalue weighted by Gasteiger charge is -2.15. The standard InChI is InChI=1S/C24H21N5O8/c1-3-34-23(32)14-6-4-5-7-16(14)26-20(30)10-28-17-9-19-18(35-12-36-19)8-15(17)22(31)29(24(28)33)11-21-25-13(2)27-37-21/h4-9H,3,10-12H2,1-2H3,(H,26,30). The number of fused-ring (bicyclic) bond motifs is 2. The zero-order valence-corrected chi connectivity index (χ0v) is 19.8. The van der Waals surface area contributed by atoms with Gasteiger partial charge in [-0.05, 0) is 32.0 Å². The Morgan fingerprint density at radius 2 is 1.86 bits per heavy atom. The van der Waals surface area contributed by atoms with Crippen LogP contribution in [0.3, 0.4) is 0 Å². The van der Waals surface area contributed by atoms with Gasteiger partial charge in [0.15, 0.2) is 17.3 Å². The van der Waals surface area contributed by atoms with Crippen molar-refractivity contribution in [2.45, 2.75) is 26.9 Å². The molecule has 0 atom stereocenters. The van der Waals surface area contributed by atoms with Gasteiger partial charge in [-0.25, -0.2) is 9.59 Å². The molecule has 1 N–H and O–H groups in total. The predicted molar refractivity (Wildman–Crippen MR) is 128 cm³/mol. The number of hydrogen-bond donors (Lipinski definition) is 1. The van der Waals surface area contributed by atoms with E-state index in [1.54, 1.807) is 32.0 Å². The van der Waals surface area contributed by atoms with Crippen molar-refractivity contribution in [3.8, 4) is 11.5 Å². The van der Waals surface area contributed by atoms with Crippen molar-refractivity contribution in [2.75, 3.05) is 18.7 Å². The van der Waals surface area contributed by atoms with Crippen molar-refractivity contribution < 1.29 is 28.3 Å². The van der Waals surface area contributed by atoms with Gasteiger partial charge < -0.3 is 24.1 Å². The fraction of sp³-hybridized carbons (Fsp3) is 0.250. The largest absolute Gasteiger partial charge is 0.462 e. The molecule has 0 radical (unpaired) electrons. The highest BCUT2D eigenvalue weighted by atomic mass is 16.7. The number of hydrogen-bond acceptors (Lipinski definition) is 10. The smallest absolute Gasteiger partial charge is 0.340 e. The average Bonchev–Trinajstić information content (AvgIpc) is 3.52. The van der Waals surface area contributed by atoms with E-state index in [1.807, 2.05) is 0 Å². The van der Waals surface area contributed by atoms with Crippen molar-refractivity contribution in [2.24, 2.45) is 0 Å². The summed E-state index contributed by atoms with van der Waals surface area (Å²) in [7, 11) is 0. The number of nitrogens with one attached hydrogen (secondary N) is 1. The van der Waals surface area contributed by atoms with E-state index in [0.717, 1.165) is 9.13 Å². The monoisotopic (exact) mass is 507 g/mol. The molecule has 0 unspecified atom stereocenters. The minimum Gasteiger partial charge on any atom is -0.462 e. The molecular formula is C24H21N5O8. The van der Waals surface area contributed by atoms with E-state index in [2.05, 4.69) is 15.5 Å². The highest BCUT2D eigenvalue weighted by molar-refractivity contribution is 6.01. The molecule has 5 rings (SSSR count). The van der Waals surface area contributed by atoms with E-state index in [-0.39, 0.29) is 48.0 Å². The summed E-state index contributed by atoms with van der Waals surface area (Å²) < 4.78 is 22.9. The van der Waals surface area contributed by atoms with Crippen LogP contribution in [0.5, 0.6) is 11.5 Å². The molecule has 13 heteroatoms. The summed E-state index contributed by atoms with van der Waals surface area (Å²) in [6.07, 6.45) is 0. The Balaban J connectivity index is 1.57. The number of esters is 1. The molecule has 37 heavy (non-hydrogen) atoms. The van der Waals surface area contributed by atoms with Crippen LogP contribution < -0.4 is 26.0 Å². The molecule has 2 aromatic carbocycles. The van der Waals surface area contributed by atoms with Gasteiger partial charge in [0.05, 0.1) is 28.8 Å². The third kappa shape index (κ3) is 4.53. The number of aromatic nitrogens is 4. The molecule has 3 heterocycles. The van der Waals surface area contributed by atoms with Gasteiger partial charge in [-0.1, -0.05) is 17.3 Å². The number of carbonyl (C=O) groups excluding carboxylic acids is 2. The van der Waals surface area contributed by atoms with Crippen LogP contribution in [0.25, 0.3) is 10.9 Å². The fourth-order valence-electron chi connectivity index (χ4n) is 3.95. The van der Waals surface area contributed by atoms with Gasteiger partial charge in [0.1, 0.15) is 13.1 Å². The maximum Gasteiger partial charge on any atom is 0.340 e. The van der Waals surface area contributed by atoms with Gasteiger partial charge in [0, 0.05) is 6.07 Å². The van der Waals surface area contributed by atoms with Crippen LogP contribution in [0.1, 0.15) is 29.0 Å². The molecule has 0 spiro atoms. The van der Waals surface area contributed by atoms with Crippen molar-refractivity contribution in [3.63, 3.8) is 0 Å². The lowest BCUT2D eigenvalue weighted by atomic mass is 10.1. The minimum atomic E-state index is -0.777. The maximum atomic E-state index is 13.5. The molecule has 0 aliphatic carbocycles. The molecule has 190 valence electrons. The number of rotatable bonds is 7. The van der Waals surface area contributed by atoms with E-state index in [0.29, 0.717) is 17.3 Å². The molecule has 2 aromatic heterocycles. The number of amides is 1. The number of para-hydroxylation sites is 1. The number of anilines is 1. The number of benzene rings is 2. The van der Waals surface area contributed by atoms with Crippen LogP contribution in [-0.2, 0) is 22.6 Å². The Morgan fingerprint density at radius 1 is 1.11 bits per heavy atom. The highest BCUT2D eigenvalue weighted by Crippen LogP contribution is 2.34. The number of ether oxygens (including phenoxy) is 3. The first-order chi connectivity index (χ1) is 17.9. The van der Waals surface area contributed by atoms with Gasteiger partial charge >= 0.3 is 11.7 Å². The second-order valence-corrected chi connectivity index (χ2v) is 8.03. The SMILES string of the molecule is CCOC(=O)c1ccccc1NC(=O)Cn1c(=O)n(Cc2nc(C)no2)c(=O)c2cc3c(cc21)OCO3. The zero-order chi connectivity index (χ0) is 26.1. The molecule has 1 aliphatic rings. The van der Waals surface area contributed by atoms with Gasteiger partial charge in [0.2, 0.25) is 18.6 Å². The van der Waals surface area contributed by atoms with E-state index in [1.165, 1.54) is 18.2 Å². The topological polar surface area (TPSA) is 157 Å². The first-order valence-corrected chi connectivity index (χ1v) is 11.3.